The lowest BCUT2D eigenvalue weighted by molar-refractivity contribution is 0.0298. The summed E-state index contributed by atoms with van der Waals surface area (Å²) < 4.78 is 7.70. The van der Waals surface area contributed by atoms with E-state index < -0.39 is 0 Å². The molecule has 1 aliphatic heterocycles. The number of rotatable bonds is 2. The van der Waals surface area contributed by atoms with Crippen LogP contribution in [0.2, 0.25) is 4.34 Å². The molecule has 0 unspecified atom stereocenters. The Hall–Kier alpha value is -1.37. The molecule has 5 nitrogen and oxygen atoms in total. The molecule has 20 heavy (non-hydrogen) atoms. The molecule has 106 valence electrons. The number of carbonyl (C=O) groups is 1. The Morgan fingerprint density at radius 3 is 2.80 bits per heavy atom. The standard InChI is InChI=1S/C13H14ClN3O2S/c1-16-10(11-2-3-12(14)20-11)8-9(15-16)13(18)17-4-6-19-7-5-17/h2-3,8H,4-7H2,1H3. The topological polar surface area (TPSA) is 47.4 Å². The van der Waals surface area contributed by atoms with Crippen LogP contribution < -0.4 is 0 Å². The Kier molecular flexibility index (Phi) is 3.78. The highest BCUT2D eigenvalue weighted by atomic mass is 35.5. The summed E-state index contributed by atoms with van der Waals surface area (Å²) in [6.45, 7) is 2.42. The Balaban J connectivity index is 1.86. The molecule has 0 aliphatic carbocycles. The van der Waals surface area contributed by atoms with Gasteiger partial charge in [-0.05, 0) is 18.2 Å². The number of aromatic nitrogens is 2. The van der Waals surface area contributed by atoms with Crippen LogP contribution in [0.25, 0.3) is 10.6 Å². The van der Waals surface area contributed by atoms with Crippen molar-refractivity contribution in [3.63, 3.8) is 0 Å². The van der Waals surface area contributed by atoms with E-state index in [4.69, 9.17) is 16.3 Å². The number of carbonyl (C=O) groups excluding carboxylic acids is 1. The van der Waals surface area contributed by atoms with E-state index >= 15 is 0 Å². The van der Waals surface area contributed by atoms with Crippen molar-refractivity contribution in [3.05, 3.63) is 28.2 Å². The molecule has 1 saturated heterocycles. The fraction of sp³-hybridized carbons (Fsp3) is 0.385. The van der Waals surface area contributed by atoms with Gasteiger partial charge >= 0.3 is 0 Å². The normalized spacial score (nSPS) is 15.6. The molecule has 3 rings (SSSR count). The summed E-state index contributed by atoms with van der Waals surface area (Å²) in [6.07, 6.45) is 0. The minimum absolute atomic E-state index is 0.0437. The van der Waals surface area contributed by atoms with Gasteiger partial charge in [-0.15, -0.1) is 11.3 Å². The fourth-order valence-electron chi connectivity index (χ4n) is 2.18. The first kappa shape index (κ1) is 13.6. The number of morpholine rings is 1. The van der Waals surface area contributed by atoms with Crippen molar-refractivity contribution >= 4 is 28.8 Å². The van der Waals surface area contributed by atoms with Gasteiger partial charge in [0.2, 0.25) is 0 Å². The highest BCUT2D eigenvalue weighted by Crippen LogP contribution is 2.31. The van der Waals surface area contributed by atoms with E-state index in [0.717, 1.165) is 14.9 Å². The lowest BCUT2D eigenvalue weighted by Crippen LogP contribution is -2.40. The summed E-state index contributed by atoms with van der Waals surface area (Å²) in [5, 5.41) is 4.32. The van der Waals surface area contributed by atoms with Crippen LogP contribution in [-0.2, 0) is 11.8 Å². The van der Waals surface area contributed by atoms with Crippen molar-refractivity contribution in [3.8, 4) is 10.6 Å². The molecule has 0 N–H and O–H groups in total. The predicted molar refractivity (Wildman–Crippen MR) is 78.3 cm³/mol. The average Bonchev–Trinajstić information content (AvgIpc) is 3.05. The largest absolute Gasteiger partial charge is 0.378 e. The average molecular weight is 312 g/mol. The monoisotopic (exact) mass is 311 g/mol. The van der Waals surface area contributed by atoms with E-state index in [-0.39, 0.29) is 5.91 Å². The summed E-state index contributed by atoms with van der Waals surface area (Å²) in [6, 6.07) is 5.60. The highest BCUT2D eigenvalue weighted by Gasteiger charge is 2.22. The van der Waals surface area contributed by atoms with Crippen molar-refractivity contribution in [2.75, 3.05) is 26.3 Å². The van der Waals surface area contributed by atoms with Crippen molar-refractivity contribution in [2.24, 2.45) is 7.05 Å². The minimum atomic E-state index is -0.0437. The van der Waals surface area contributed by atoms with Gasteiger partial charge in [0.1, 0.15) is 0 Å². The van der Waals surface area contributed by atoms with Gasteiger partial charge in [-0.3, -0.25) is 9.48 Å². The zero-order valence-electron chi connectivity index (χ0n) is 11.0. The number of amides is 1. The zero-order chi connectivity index (χ0) is 14.1. The molecule has 0 spiro atoms. The number of halogens is 1. The van der Waals surface area contributed by atoms with Crippen LogP contribution in [0, 0.1) is 0 Å². The molecule has 1 amide bonds. The van der Waals surface area contributed by atoms with Gasteiger partial charge in [0.15, 0.2) is 5.69 Å². The maximum absolute atomic E-state index is 12.4. The molecule has 2 aromatic heterocycles. The summed E-state index contributed by atoms with van der Waals surface area (Å²) in [7, 11) is 1.83. The fourth-order valence-corrected chi connectivity index (χ4v) is 3.27. The zero-order valence-corrected chi connectivity index (χ0v) is 12.6. The number of thiophene rings is 1. The molecule has 2 aromatic rings. The van der Waals surface area contributed by atoms with Crippen molar-refractivity contribution < 1.29 is 9.53 Å². The molecule has 1 fully saturated rings. The summed E-state index contributed by atoms with van der Waals surface area (Å²) in [5.74, 6) is -0.0437. The van der Waals surface area contributed by atoms with E-state index in [1.165, 1.54) is 11.3 Å². The third-order valence-electron chi connectivity index (χ3n) is 3.22. The Labute approximate surface area is 125 Å². The van der Waals surface area contributed by atoms with Crippen LogP contribution in [0.15, 0.2) is 18.2 Å². The van der Waals surface area contributed by atoms with E-state index in [2.05, 4.69) is 5.10 Å². The molecule has 7 heteroatoms. The van der Waals surface area contributed by atoms with Gasteiger partial charge in [0, 0.05) is 20.1 Å². The smallest absolute Gasteiger partial charge is 0.274 e. The highest BCUT2D eigenvalue weighted by molar-refractivity contribution is 7.19. The quantitative estimate of drug-likeness (QED) is 0.855. The van der Waals surface area contributed by atoms with Crippen LogP contribution in [0.5, 0.6) is 0 Å². The van der Waals surface area contributed by atoms with Gasteiger partial charge in [-0.1, -0.05) is 11.6 Å². The SMILES string of the molecule is Cn1nc(C(=O)N2CCOCC2)cc1-c1ccc(Cl)s1. The summed E-state index contributed by atoms with van der Waals surface area (Å²) in [4.78, 5) is 15.2. The van der Waals surface area contributed by atoms with Gasteiger partial charge in [0.05, 0.1) is 28.1 Å². The van der Waals surface area contributed by atoms with E-state index in [1.54, 1.807) is 9.58 Å². The maximum atomic E-state index is 12.4. The van der Waals surface area contributed by atoms with Crippen LogP contribution in [0.1, 0.15) is 10.5 Å². The Bertz CT molecular complexity index is 631. The second-order valence-electron chi connectivity index (χ2n) is 4.55. The third-order valence-corrected chi connectivity index (χ3v) is 4.48. The molecular weight excluding hydrogens is 298 g/mol. The van der Waals surface area contributed by atoms with Gasteiger partial charge in [0.25, 0.3) is 5.91 Å². The van der Waals surface area contributed by atoms with Crippen molar-refractivity contribution in [1.82, 2.24) is 14.7 Å². The summed E-state index contributed by atoms with van der Waals surface area (Å²) in [5.41, 5.74) is 1.37. The first-order chi connectivity index (χ1) is 9.65. The first-order valence-corrected chi connectivity index (χ1v) is 7.51. The Morgan fingerprint density at radius 2 is 2.15 bits per heavy atom. The molecule has 1 aliphatic rings. The molecule has 0 bridgehead atoms. The number of hydrogen-bond donors (Lipinski definition) is 0. The number of hydrogen-bond acceptors (Lipinski definition) is 4. The second-order valence-corrected chi connectivity index (χ2v) is 6.26. The van der Waals surface area contributed by atoms with E-state index in [0.29, 0.717) is 32.0 Å². The van der Waals surface area contributed by atoms with E-state index in [1.807, 2.05) is 25.2 Å². The molecular formula is C13H14ClN3O2S. The van der Waals surface area contributed by atoms with Gasteiger partial charge in [-0.25, -0.2) is 0 Å². The van der Waals surface area contributed by atoms with Crippen molar-refractivity contribution in [1.29, 1.82) is 0 Å². The minimum Gasteiger partial charge on any atom is -0.378 e. The second kappa shape index (κ2) is 5.55. The van der Waals surface area contributed by atoms with Gasteiger partial charge < -0.3 is 9.64 Å². The molecule has 3 heterocycles. The van der Waals surface area contributed by atoms with Crippen LogP contribution >= 0.6 is 22.9 Å². The molecule has 0 aromatic carbocycles. The maximum Gasteiger partial charge on any atom is 0.274 e. The number of aryl methyl sites for hydroxylation is 1. The predicted octanol–water partition coefficient (Wildman–Crippen LogP) is 2.27. The lowest BCUT2D eigenvalue weighted by Gasteiger charge is -2.25. The van der Waals surface area contributed by atoms with Crippen molar-refractivity contribution in [2.45, 2.75) is 0 Å². The lowest BCUT2D eigenvalue weighted by atomic mass is 10.2. The van der Waals surface area contributed by atoms with Crippen LogP contribution in [0.3, 0.4) is 0 Å². The Morgan fingerprint density at radius 1 is 1.40 bits per heavy atom. The van der Waals surface area contributed by atoms with Crippen LogP contribution in [-0.4, -0.2) is 46.9 Å². The van der Waals surface area contributed by atoms with E-state index in [9.17, 15) is 4.79 Å². The van der Waals surface area contributed by atoms with Crippen LogP contribution in [0.4, 0.5) is 0 Å². The molecule has 0 saturated carbocycles. The number of ether oxygens (including phenoxy) is 1. The van der Waals surface area contributed by atoms with Gasteiger partial charge in [-0.2, -0.15) is 5.10 Å². The third kappa shape index (κ3) is 2.59. The molecule has 0 atom stereocenters. The summed E-state index contributed by atoms with van der Waals surface area (Å²) >= 11 is 7.43. The first-order valence-electron chi connectivity index (χ1n) is 6.32. The number of nitrogens with zero attached hydrogens (tertiary/aromatic N) is 3. The molecule has 0 radical (unpaired) electrons.